The predicted octanol–water partition coefficient (Wildman–Crippen LogP) is 2.17. The lowest BCUT2D eigenvalue weighted by atomic mass is 10.1. The first-order chi connectivity index (χ1) is 8.06. The molecule has 17 heavy (non-hydrogen) atoms. The molecule has 1 unspecified atom stereocenters. The highest BCUT2D eigenvalue weighted by atomic mass is 16.2. The van der Waals surface area contributed by atoms with E-state index in [0.717, 1.165) is 25.2 Å². The summed E-state index contributed by atoms with van der Waals surface area (Å²) in [6, 6.07) is -0.181. The fourth-order valence-corrected chi connectivity index (χ4v) is 1.73. The van der Waals surface area contributed by atoms with E-state index in [2.05, 4.69) is 24.1 Å². The molecule has 0 fully saturated rings. The molecule has 1 aromatic rings. The van der Waals surface area contributed by atoms with Gasteiger partial charge in [-0.05, 0) is 19.3 Å². The van der Waals surface area contributed by atoms with Gasteiger partial charge in [0.1, 0.15) is 11.9 Å². The van der Waals surface area contributed by atoms with Crippen LogP contribution >= 0.6 is 0 Å². The van der Waals surface area contributed by atoms with Gasteiger partial charge in [0, 0.05) is 25.4 Å². The second-order valence-electron chi connectivity index (χ2n) is 4.75. The van der Waals surface area contributed by atoms with Crippen LogP contribution in [0.2, 0.25) is 0 Å². The molecule has 1 N–H and O–H groups in total. The van der Waals surface area contributed by atoms with Gasteiger partial charge in [-0.1, -0.05) is 20.8 Å². The van der Waals surface area contributed by atoms with Gasteiger partial charge in [0.25, 0.3) is 0 Å². The van der Waals surface area contributed by atoms with E-state index in [-0.39, 0.29) is 11.9 Å². The highest BCUT2D eigenvalue weighted by molar-refractivity contribution is 5.79. The average Bonchev–Trinajstić information content (AvgIpc) is 2.75. The number of carbonyl (C=O) groups is 1. The fraction of sp³-hybridized carbons (Fsp3) is 0.692. The molecule has 0 aromatic carbocycles. The lowest BCUT2D eigenvalue weighted by molar-refractivity contribution is -0.123. The molecule has 0 saturated carbocycles. The standard InChI is InChI=1S/C13H23N3O/c1-5-12-14-8-9-16(12)11(4)13(17)15-7-6-10(2)3/h8-11H,5-7H2,1-4H3,(H,15,17). The molecule has 0 bridgehead atoms. The summed E-state index contributed by atoms with van der Waals surface area (Å²) < 4.78 is 1.94. The third-order valence-electron chi connectivity index (χ3n) is 2.88. The highest BCUT2D eigenvalue weighted by Crippen LogP contribution is 2.10. The third kappa shape index (κ3) is 3.88. The van der Waals surface area contributed by atoms with Crippen LogP contribution in [-0.2, 0) is 11.2 Å². The Labute approximate surface area is 103 Å². The van der Waals surface area contributed by atoms with E-state index in [1.54, 1.807) is 6.20 Å². The number of nitrogens with zero attached hydrogens (tertiary/aromatic N) is 2. The van der Waals surface area contributed by atoms with Crippen molar-refractivity contribution in [3.05, 3.63) is 18.2 Å². The molecule has 0 spiro atoms. The van der Waals surface area contributed by atoms with Crippen molar-refractivity contribution in [2.45, 2.75) is 46.6 Å². The van der Waals surface area contributed by atoms with E-state index in [1.807, 2.05) is 24.6 Å². The van der Waals surface area contributed by atoms with Gasteiger partial charge in [-0.25, -0.2) is 4.98 Å². The number of aromatic nitrogens is 2. The Hall–Kier alpha value is -1.32. The minimum atomic E-state index is -0.181. The van der Waals surface area contributed by atoms with E-state index < -0.39 is 0 Å². The normalized spacial score (nSPS) is 12.8. The zero-order chi connectivity index (χ0) is 12.8. The maximum atomic E-state index is 11.9. The molecule has 0 aliphatic heterocycles. The minimum Gasteiger partial charge on any atom is -0.354 e. The van der Waals surface area contributed by atoms with E-state index in [0.29, 0.717) is 5.92 Å². The quantitative estimate of drug-likeness (QED) is 0.824. The fourth-order valence-electron chi connectivity index (χ4n) is 1.73. The number of nitrogens with one attached hydrogen (secondary N) is 1. The van der Waals surface area contributed by atoms with Crippen LogP contribution in [-0.4, -0.2) is 22.0 Å². The lowest BCUT2D eigenvalue weighted by Gasteiger charge is -2.16. The molecular weight excluding hydrogens is 214 g/mol. The monoisotopic (exact) mass is 237 g/mol. The first kappa shape index (κ1) is 13.7. The van der Waals surface area contributed by atoms with Crippen LogP contribution in [0.4, 0.5) is 0 Å². The Bertz CT molecular complexity index is 357. The van der Waals surface area contributed by atoms with Crippen molar-refractivity contribution >= 4 is 5.91 Å². The van der Waals surface area contributed by atoms with Gasteiger partial charge in [-0.15, -0.1) is 0 Å². The maximum absolute atomic E-state index is 11.9. The van der Waals surface area contributed by atoms with Crippen molar-refractivity contribution in [2.24, 2.45) is 5.92 Å². The van der Waals surface area contributed by atoms with Crippen LogP contribution in [0.5, 0.6) is 0 Å². The van der Waals surface area contributed by atoms with Crippen molar-refractivity contribution in [1.82, 2.24) is 14.9 Å². The summed E-state index contributed by atoms with van der Waals surface area (Å²) in [6.07, 6.45) is 5.47. The van der Waals surface area contributed by atoms with E-state index >= 15 is 0 Å². The topological polar surface area (TPSA) is 46.9 Å². The Morgan fingerprint density at radius 3 is 2.76 bits per heavy atom. The van der Waals surface area contributed by atoms with Crippen molar-refractivity contribution in [1.29, 1.82) is 0 Å². The SMILES string of the molecule is CCc1nccn1C(C)C(=O)NCCC(C)C. The lowest BCUT2D eigenvalue weighted by Crippen LogP contribution is -2.32. The predicted molar refractivity (Wildman–Crippen MR) is 68.8 cm³/mol. The smallest absolute Gasteiger partial charge is 0.242 e. The summed E-state index contributed by atoms with van der Waals surface area (Å²) in [4.78, 5) is 16.2. The summed E-state index contributed by atoms with van der Waals surface area (Å²) in [7, 11) is 0. The molecule has 4 nitrogen and oxygen atoms in total. The maximum Gasteiger partial charge on any atom is 0.242 e. The second-order valence-corrected chi connectivity index (χ2v) is 4.75. The van der Waals surface area contributed by atoms with Gasteiger partial charge in [0.15, 0.2) is 0 Å². The molecule has 0 aliphatic rings. The summed E-state index contributed by atoms with van der Waals surface area (Å²) in [6.45, 7) is 9.01. The number of amides is 1. The number of aryl methyl sites for hydroxylation is 1. The molecule has 1 amide bonds. The van der Waals surface area contributed by atoms with Crippen LogP contribution in [0.3, 0.4) is 0 Å². The first-order valence-corrected chi connectivity index (χ1v) is 6.35. The number of hydrogen-bond acceptors (Lipinski definition) is 2. The van der Waals surface area contributed by atoms with Gasteiger partial charge >= 0.3 is 0 Å². The van der Waals surface area contributed by atoms with Crippen molar-refractivity contribution in [3.8, 4) is 0 Å². The van der Waals surface area contributed by atoms with Gasteiger partial charge < -0.3 is 9.88 Å². The molecule has 1 rings (SSSR count). The summed E-state index contributed by atoms with van der Waals surface area (Å²) in [5.41, 5.74) is 0. The molecule has 96 valence electrons. The van der Waals surface area contributed by atoms with Crippen LogP contribution in [0, 0.1) is 5.92 Å². The molecule has 1 heterocycles. The van der Waals surface area contributed by atoms with Crippen molar-refractivity contribution in [3.63, 3.8) is 0 Å². The van der Waals surface area contributed by atoms with Crippen LogP contribution < -0.4 is 5.32 Å². The molecule has 1 atom stereocenters. The van der Waals surface area contributed by atoms with Crippen LogP contribution in [0.15, 0.2) is 12.4 Å². The van der Waals surface area contributed by atoms with Gasteiger partial charge in [-0.2, -0.15) is 0 Å². The number of imidazole rings is 1. The highest BCUT2D eigenvalue weighted by Gasteiger charge is 2.16. The zero-order valence-electron chi connectivity index (χ0n) is 11.2. The molecule has 1 aromatic heterocycles. The Kier molecular flexibility index (Phi) is 5.19. The van der Waals surface area contributed by atoms with E-state index in [9.17, 15) is 4.79 Å². The molecule has 0 aliphatic carbocycles. The Morgan fingerprint density at radius 1 is 1.47 bits per heavy atom. The number of rotatable bonds is 6. The largest absolute Gasteiger partial charge is 0.354 e. The Balaban J connectivity index is 2.52. The average molecular weight is 237 g/mol. The zero-order valence-corrected chi connectivity index (χ0v) is 11.2. The molecular formula is C13H23N3O. The van der Waals surface area contributed by atoms with Gasteiger partial charge in [0.05, 0.1) is 0 Å². The van der Waals surface area contributed by atoms with Crippen molar-refractivity contribution < 1.29 is 4.79 Å². The first-order valence-electron chi connectivity index (χ1n) is 6.35. The molecule has 0 radical (unpaired) electrons. The molecule has 4 heteroatoms. The van der Waals surface area contributed by atoms with Crippen LogP contribution in [0.25, 0.3) is 0 Å². The number of carbonyl (C=O) groups excluding carboxylic acids is 1. The van der Waals surface area contributed by atoms with Crippen molar-refractivity contribution in [2.75, 3.05) is 6.54 Å². The summed E-state index contributed by atoms with van der Waals surface area (Å²) in [5, 5.41) is 2.97. The minimum absolute atomic E-state index is 0.0679. The third-order valence-corrected chi connectivity index (χ3v) is 2.88. The second kappa shape index (κ2) is 6.42. The van der Waals surface area contributed by atoms with Crippen LogP contribution in [0.1, 0.15) is 46.0 Å². The number of hydrogen-bond donors (Lipinski definition) is 1. The van der Waals surface area contributed by atoms with E-state index in [4.69, 9.17) is 0 Å². The molecule has 0 saturated heterocycles. The van der Waals surface area contributed by atoms with E-state index in [1.165, 1.54) is 0 Å². The van der Waals surface area contributed by atoms with Gasteiger partial charge in [0.2, 0.25) is 5.91 Å². The summed E-state index contributed by atoms with van der Waals surface area (Å²) >= 11 is 0. The van der Waals surface area contributed by atoms with Gasteiger partial charge in [-0.3, -0.25) is 4.79 Å². The Morgan fingerprint density at radius 2 is 2.18 bits per heavy atom. The summed E-state index contributed by atoms with van der Waals surface area (Å²) in [5.74, 6) is 1.64.